The average molecular weight is 148 g/mol. The fraction of sp³-hybridized carbons (Fsp3) is 1.00. The van der Waals surface area contributed by atoms with Crippen LogP contribution < -0.4 is 18.9 Å². The molecule has 1 fully saturated rings. The molecule has 0 aromatic rings. The van der Waals surface area contributed by atoms with Gasteiger partial charge in [0.2, 0.25) is 0 Å². The Morgan fingerprint density at radius 2 is 1.30 bits per heavy atom. The predicted molar refractivity (Wildman–Crippen MR) is 30.9 cm³/mol. The molecule has 0 radical (unpaired) electrons. The molecular weight excluding hydrogens is 135 g/mol. The van der Waals surface area contributed by atoms with E-state index in [1.807, 2.05) is 0 Å². The Balaban J connectivity index is -0.0000000337. The Labute approximate surface area is 71.7 Å². The summed E-state index contributed by atoms with van der Waals surface area (Å²) >= 11 is 0. The maximum atomic E-state index is 6.00. The molecule has 0 saturated carbocycles. The molecule has 0 amide bonds. The maximum Gasteiger partial charge on any atom is 1.00 e. The third-order valence-electron chi connectivity index (χ3n) is 0.827. The van der Waals surface area contributed by atoms with Crippen LogP contribution in [0.4, 0.5) is 0 Å². The quantitative estimate of drug-likeness (QED) is 0.214. The Morgan fingerprint density at radius 3 is 1.40 bits per heavy atom. The van der Waals surface area contributed by atoms with Gasteiger partial charge in [0.15, 0.2) is 0 Å². The first-order valence-corrected chi connectivity index (χ1v) is 2.28. The fourth-order valence-electron chi connectivity index (χ4n) is 0.510. The molecule has 1 saturated heterocycles. The van der Waals surface area contributed by atoms with E-state index in [0.29, 0.717) is 0 Å². The minimum absolute atomic E-state index is 0. The van der Waals surface area contributed by atoms with Crippen LogP contribution in [0.5, 0.6) is 0 Å². The van der Waals surface area contributed by atoms with Crippen LogP contribution >= 0.6 is 0 Å². The Hall–Kier alpha value is 0.397. The molecule has 1 aliphatic heterocycles. The van der Waals surface area contributed by atoms with Crippen molar-refractivity contribution in [3.05, 3.63) is 0 Å². The van der Waals surface area contributed by atoms with Gasteiger partial charge < -0.3 is 15.7 Å². The summed E-state index contributed by atoms with van der Waals surface area (Å²) in [6, 6.07) is 0. The van der Waals surface area contributed by atoms with Gasteiger partial charge in [0.1, 0.15) is 0 Å². The van der Waals surface area contributed by atoms with Crippen molar-refractivity contribution in [3.8, 4) is 0 Å². The van der Waals surface area contributed by atoms with Crippen molar-refractivity contribution >= 4 is 0 Å². The zero-order valence-electron chi connectivity index (χ0n) is 6.08. The molecule has 60 valence electrons. The standard InChI is InChI=1S/C4H8O.Li.H2O2.2H2O/c1-2-4-5-3-1;;1-2;;/h1-4H2;;1-2H;2*1H2/q;+1;;;/p-1. The summed E-state index contributed by atoms with van der Waals surface area (Å²) in [4.78, 5) is 0. The Kier molecular flexibility index (Phi) is 51.0. The monoisotopic (exact) mass is 148 g/mol. The molecule has 0 bridgehead atoms. The average Bonchev–Trinajstić information content (AvgIpc) is 2.23. The van der Waals surface area contributed by atoms with Crippen molar-refractivity contribution in [3.63, 3.8) is 0 Å². The van der Waals surface area contributed by atoms with E-state index in [1.165, 1.54) is 12.8 Å². The van der Waals surface area contributed by atoms with E-state index in [0.717, 1.165) is 13.2 Å². The molecule has 1 heterocycles. The topological polar surface area (TPSA) is 111 Å². The van der Waals surface area contributed by atoms with E-state index in [-0.39, 0.29) is 29.8 Å². The second kappa shape index (κ2) is 22.7. The molecule has 5 N–H and O–H groups in total. The number of ether oxygens (including phenoxy) is 1. The van der Waals surface area contributed by atoms with Gasteiger partial charge in [-0.1, -0.05) is 0 Å². The molecule has 0 spiro atoms. The largest absolute Gasteiger partial charge is 1.00 e. The van der Waals surface area contributed by atoms with E-state index in [9.17, 15) is 0 Å². The van der Waals surface area contributed by atoms with Gasteiger partial charge in [-0.25, -0.2) is 0 Å². The second-order valence-corrected chi connectivity index (χ2v) is 1.32. The molecule has 5 nitrogen and oxygen atoms in total. The summed E-state index contributed by atoms with van der Waals surface area (Å²) in [5.41, 5.74) is 0. The van der Waals surface area contributed by atoms with Gasteiger partial charge >= 0.3 is 18.9 Å². The molecule has 0 atom stereocenters. The first-order valence-electron chi connectivity index (χ1n) is 2.28. The van der Waals surface area contributed by atoms with Crippen LogP contribution in [0.3, 0.4) is 0 Å². The smallest absolute Gasteiger partial charge is 0.870 e. The number of hydrogen-bond donors (Lipinski definition) is 2. The van der Waals surface area contributed by atoms with Crippen LogP contribution in [0.2, 0.25) is 0 Å². The van der Waals surface area contributed by atoms with E-state index in [2.05, 4.69) is 0 Å². The molecule has 1 rings (SSSR count). The van der Waals surface area contributed by atoms with E-state index in [4.69, 9.17) is 15.3 Å². The number of rotatable bonds is 0. The molecule has 0 unspecified atom stereocenters. The molecule has 1 aliphatic rings. The summed E-state index contributed by atoms with van der Waals surface area (Å²) in [7, 11) is 0. The van der Waals surface area contributed by atoms with Crippen molar-refractivity contribution in [1.29, 1.82) is 0 Å². The summed E-state index contributed by atoms with van der Waals surface area (Å²) < 4.78 is 4.94. The zero-order valence-corrected chi connectivity index (χ0v) is 6.08. The minimum atomic E-state index is 0. The Bertz CT molecular complexity index is 25.2. The van der Waals surface area contributed by atoms with Gasteiger partial charge in [-0.15, -0.1) is 0 Å². The van der Waals surface area contributed by atoms with Crippen molar-refractivity contribution < 1.29 is 45.1 Å². The van der Waals surface area contributed by atoms with Crippen molar-refractivity contribution in [2.75, 3.05) is 13.2 Å². The predicted octanol–water partition coefficient (Wildman–Crippen LogP) is -3.18. The van der Waals surface area contributed by atoms with Crippen molar-refractivity contribution in [1.82, 2.24) is 0 Å². The summed E-state index contributed by atoms with van der Waals surface area (Å²) in [6.45, 7) is 2.00. The van der Waals surface area contributed by atoms with E-state index >= 15 is 0 Å². The van der Waals surface area contributed by atoms with Gasteiger partial charge in [0.05, 0.1) is 0 Å². The van der Waals surface area contributed by atoms with Crippen LogP contribution in [0.25, 0.3) is 0 Å². The first-order chi connectivity index (χ1) is 3.50. The minimum Gasteiger partial charge on any atom is -0.870 e. The van der Waals surface area contributed by atoms with Gasteiger partial charge in [0, 0.05) is 13.2 Å². The van der Waals surface area contributed by atoms with Crippen LogP contribution in [-0.2, 0) is 4.74 Å². The zero-order chi connectivity index (χ0) is 5.54. The molecule has 10 heavy (non-hydrogen) atoms. The normalized spacial score (nSPS) is 12.6. The summed E-state index contributed by atoms with van der Waals surface area (Å²) in [5.74, 6) is 0. The molecule has 0 aromatic carbocycles. The third kappa shape index (κ3) is 15.8. The second-order valence-electron chi connectivity index (χ2n) is 1.32. The fourth-order valence-corrected chi connectivity index (χ4v) is 0.510. The van der Waals surface area contributed by atoms with Crippen molar-refractivity contribution in [2.45, 2.75) is 12.8 Å². The summed E-state index contributed by atoms with van der Waals surface area (Å²) in [6.07, 6.45) is 2.56. The molecule has 0 aliphatic carbocycles. The van der Waals surface area contributed by atoms with Crippen LogP contribution in [0, 0.1) is 0 Å². The third-order valence-corrected chi connectivity index (χ3v) is 0.827. The van der Waals surface area contributed by atoms with E-state index < -0.39 is 0 Å². The SMILES string of the molecule is C1CCOC1.O.OO.[Li+].[OH-]. The van der Waals surface area contributed by atoms with Crippen LogP contribution in [0.1, 0.15) is 12.8 Å². The van der Waals surface area contributed by atoms with Crippen LogP contribution in [-0.4, -0.2) is 34.7 Å². The maximum absolute atomic E-state index is 6.00. The summed E-state index contributed by atoms with van der Waals surface area (Å²) in [5, 5.41) is 12.0. The van der Waals surface area contributed by atoms with Gasteiger partial charge in [-0.3, -0.25) is 10.5 Å². The van der Waals surface area contributed by atoms with E-state index in [1.54, 1.807) is 0 Å². The number of hydrogen-bond acceptors (Lipinski definition) is 4. The van der Waals surface area contributed by atoms with Gasteiger partial charge in [-0.05, 0) is 12.8 Å². The van der Waals surface area contributed by atoms with Gasteiger partial charge in [-0.2, -0.15) is 0 Å². The van der Waals surface area contributed by atoms with Crippen molar-refractivity contribution in [2.24, 2.45) is 0 Å². The molecular formula is C4H13LiO5. The first kappa shape index (κ1) is 22.4. The van der Waals surface area contributed by atoms with Crippen LogP contribution in [0.15, 0.2) is 0 Å². The molecule has 0 aromatic heterocycles. The van der Waals surface area contributed by atoms with Gasteiger partial charge in [0.25, 0.3) is 0 Å². The Morgan fingerprint density at radius 1 is 1.00 bits per heavy atom. The molecule has 6 heteroatoms.